The molecule has 0 unspecified atom stereocenters. The molecule has 4 nitrogen and oxygen atoms in total. The number of rotatable bonds is 4. The van der Waals surface area contributed by atoms with Gasteiger partial charge in [-0.15, -0.1) is 0 Å². The summed E-state index contributed by atoms with van der Waals surface area (Å²) in [5.41, 5.74) is 0.267. The third-order valence-corrected chi connectivity index (χ3v) is 1.94. The van der Waals surface area contributed by atoms with Gasteiger partial charge >= 0.3 is 5.97 Å². The average molecular weight is 192 g/mol. The molecule has 5 heteroatoms. The van der Waals surface area contributed by atoms with Crippen molar-refractivity contribution in [2.75, 3.05) is 18.6 Å². The molecule has 0 fully saturated rings. The minimum atomic E-state index is -3.05. The van der Waals surface area contributed by atoms with Gasteiger partial charge in [-0.05, 0) is 6.92 Å². The maximum Gasteiger partial charge on any atom is 0.333 e. The molecular formula is C7H12O4S. The summed E-state index contributed by atoms with van der Waals surface area (Å²) in [6.45, 7) is 4.74. The highest BCUT2D eigenvalue weighted by Gasteiger charge is 2.06. The van der Waals surface area contributed by atoms with Crippen LogP contribution in [0.15, 0.2) is 12.2 Å². The zero-order valence-electron chi connectivity index (χ0n) is 7.16. The maximum atomic E-state index is 10.7. The molecule has 0 heterocycles. The normalized spacial score (nSPS) is 10.8. The zero-order valence-corrected chi connectivity index (χ0v) is 7.98. The lowest BCUT2D eigenvalue weighted by molar-refractivity contribution is -0.138. The van der Waals surface area contributed by atoms with Crippen LogP contribution in [0.5, 0.6) is 0 Å². The number of hydrogen-bond acceptors (Lipinski definition) is 4. The Morgan fingerprint density at radius 1 is 1.50 bits per heavy atom. The number of carbonyl (C=O) groups is 1. The van der Waals surface area contributed by atoms with E-state index in [1.807, 2.05) is 0 Å². The van der Waals surface area contributed by atoms with Gasteiger partial charge < -0.3 is 4.74 Å². The van der Waals surface area contributed by atoms with Crippen LogP contribution in [0.25, 0.3) is 0 Å². The van der Waals surface area contributed by atoms with E-state index in [0.29, 0.717) is 0 Å². The smallest absolute Gasteiger partial charge is 0.333 e. The van der Waals surface area contributed by atoms with Gasteiger partial charge in [0.25, 0.3) is 0 Å². The summed E-state index contributed by atoms with van der Waals surface area (Å²) in [5, 5.41) is 0. The van der Waals surface area contributed by atoms with Gasteiger partial charge in [-0.25, -0.2) is 13.2 Å². The number of ether oxygens (including phenoxy) is 1. The number of carbonyl (C=O) groups excluding carboxylic acids is 1. The van der Waals surface area contributed by atoms with E-state index >= 15 is 0 Å². The third kappa shape index (κ3) is 5.91. The van der Waals surface area contributed by atoms with Gasteiger partial charge in [0.2, 0.25) is 0 Å². The summed E-state index contributed by atoms with van der Waals surface area (Å²) in [7, 11) is -3.05. The molecule has 0 rings (SSSR count). The van der Waals surface area contributed by atoms with E-state index in [2.05, 4.69) is 11.3 Å². The molecule has 0 aromatic carbocycles. The zero-order chi connectivity index (χ0) is 9.78. The van der Waals surface area contributed by atoms with E-state index in [4.69, 9.17) is 0 Å². The Balaban J connectivity index is 3.73. The molecule has 0 bridgehead atoms. The molecule has 0 saturated carbocycles. The summed E-state index contributed by atoms with van der Waals surface area (Å²) < 4.78 is 25.7. The van der Waals surface area contributed by atoms with Crippen LogP contribution in [0.1, 0.15) is 6.92 Å². The number of hydrogen-bond donors (Lipinski definition) is 0. The largest absolute Gasteiger partial charge is 0.461 e. The molecule has 0 N–H and O–H groups in total. The Labute approximate surface area is 72.1 Å². The first kappa shape index (κ1) is 11.2. The molecule has 0 aliphatic carbocycles. The van der Waals surface area contributed by atoms with Crippen molar-refractivity contribution in [3.8, 4) is 0 Å². The van der Waals surface area contributed by atoms with Gasteiger partial charge in [-0.3, -0.25) is 0 Å². The van der Waals surface area contributed by atoms with Crippen molar-refractivity contribution in [2.45, 2.75) is 6.92 Å². The Morgan fingerprint density at radius 2 is 2.00 bits per heavy atom. The van der Waals surface area contributed by atoms with Crippen molar-refractivity contribution in [1.29, 1.82) is 0 Å². The van der Waals surface area contributed by atoms with Crippen molar-refractivity contribution in [1.82, 2.24) is 0 Å². The third-order valence-electron chi connectivity index (χ3n) is 1.04. The van der Waals surface area contributed by atoms with E-state index in [-0.39, 0.29) is 17.9 Å². The monoisotopic (exact) mass is 192 g/mol. The first-order valence-corrected chi connectivity index (χ1v) is 5.39. The quantitative estimate of drug-likeness (QED) is 0.470. The van der Waals surface area contributed by atoms with Crippen molar-refractivity contribution in [2.24, 2.45) is 0 Å². The second kappa shape index (κ2) is 4.25. The van der Waals surface area contributed by atoms with Crippen LogP contribution in [0.4, 0.5) is 0 Å². The molecule has 0 spiro atoms. The number of sulfone groups is 1. The van der Waals surface area contributed by atoms with Gasteiger partial charge in [-0.2, -0.15) is 0 Å². The van der Waals surface area contributed by atoms with Crippen molar-refractivity contribution in [3.63, 3.8) is 0 Å². The van der Waals surface area contributed by atoms with E-state index < -0.39 is 15.8 Å². The fourth-order valence-corrected chi connectivity index (χ4v) is 0.795. The molecule has 70 valence electrons. The van der Waals surface area contributed by atoms with Crippen LogP contribution in [0.2, 0.25) is 0 Å². The van der Waals surface area contributed by atoms with E-state index in [1.165, 1.54) is 6.92 Å². The predicted octanol–water partition coefficient (Wildman–Crippen LogP) is 0.150. The fraction of sp³-hybridized carbons (Fsp3) is 0.571. The summed E-state index contributed by atoms with van der Waals surface area (Å²) in [6.07, 6.45) is 1.08. The molecule has 12 heavy (non-hydrogen) atoms. The predicted molar refractivity (Wildman–Crippen MR) is 45.5 cm³/mol. The van der Waals surface area contributed by atoms with Crippen LogP contribution in [-0.2, 0) is 19.4 Å². The van der Waals surface area contributed by atoms with Crippen molar-refractivity contribution >= 4 is 15.8 Å². The molecule has 0 atom stereocenters. The Bertz CT molecular complexity index is 276. The molecule has 0 radical (unpaired) electrons. The molecule has 0 aromatic heterocycles. The van der Waals surface area contributed by atoms with Gasteiger partial charge in [0, 0.05) is 11.8 Å². The second-order valence-corrected chi connectivity index (χ2v) is 4.81. The first-order valence-electron chi connectivity index (χ1n) is 3.33. The molecule has 0 saturated heterocycles. The molecule has 0 amide bonds. The lowest BCUT2D eigenvalue weighted by Crippen LogP contribution is -2.14. The highest BCUT2D eigenvalue weighted by Crippen LogP contribution is 1.92. The first-order chi connectivity index (χ1) is 5.33. The molecule has 0 aliphatic rings. The Morgan fingerprint density at radius 3 is 2.33 bits per heavy atom. The van der Waals surface area contributed by atoms with Crippen LogP contribution in [0, 0.1) is 0 Å². The lowest BCUT2D eigenvalue weighted by atomic mass is 10.4. The van der Waals surface area contributed by atoms with Gasteiger partial charge in [0.15, 0.2) is 9.84 Å². The summed E-state index contributed by atoms with van der Waals surface area (Å²) >= 11 is 0. The van der Waals surface area contributed by atoms with Crippen LogP contribution < -0.4 is 0 Å². The minimum Gasteiger partial charge on any atom is -0.461 e. The number of esters is 1. The Kier molecular flexibility index (Phi) is 3.95. The van der Waals surface area contributed by atoms with Gasteiger partial charge in [-0.1, -0.05) is 6.58 Å². The Hall–Kier alpha value is -0.840. The standard InChI is InChI=1S/C7H12O4S/c1-6(2)7(8)11-4-5-12(3,9)10/h1,4-5H2,2-3H3. The fourth-order valence-electron chi connectivity index (χ4n) is 0.409. The molecule has 0 aromatic rings. The highest BCUT2D eigenvalue weighted by molar-refractivity contribution is 7.90. The van der Waals surface area contributed by atoms with E-state index in [1.54, 1.807) is 0 Å². The van der Waals surface area contributed by atoms with Gasteiger partial charge in [0.05, 0.1) is 5.75 Å². The van der Waals surface area contributed by atoms with E-state index in [0.717, 1.165) is 6.26 Å². The minimum absolute atomic E-state index is 0.107. The maximum absolute atomic E-state index is 10.7. The second-order valence-electron chi connectivity index (χ2n) is 2.55. The van der Waals surface area contributed by atoms with Crippen LogP contribution in [-0.4, -0.2) is 33.0 Å². The topological polar surface area (TPSA) is 60.4 Å². The summed E-state index contributed by atoms with van der Waals surface area (Å²) in [6, 6.07) is 0. The lowest BCUT2D eigenvalue weighted by Gasteiger charge is -2.01. The van der Waals surface area contributed by atoms with Crippen LogP contribution >= 0.6 is 0 Å². The summed E-state index contributed by atoms with van der Waals surface area (Å²) in [5.74, 6) is -0.704. The van der Waals surface area contributed by atoms with Crippen LogP contribution in [0.3, 0.4) is 0 Å². The van der Waals surface area contributed by atoms with Crippen molar-refractivity contribution < 1.29 is 17.9 Å². The van der Waals surface area contributed by atoms with Gasteiger partial charge in [0.1, 0.15) is 6.61 Å². The van der Waals surface area contributed by atoms with Crippen molar-refractivity contribution in [3.05, 3.63) is 12.2 Å². The molecule has 0 aliphatic heterocycles. The SMILES string of the molecule is C=C(C)C(=O)OCCS(C)(=O)=O. The summed E-state index contributed by atoms with van der Waals surface area (Å²) in [4.78, 5) is 10.7. The van der Waals surface area contributed by atoms with E-state index in [9.17, 15) is 13.2 Å². The molecular weight excluding hydrogens is 180 g/mol. The average Bonchev–Trinajstić information content (AvgIpc) is 1.84. The highest BCUT2D eigenvalue weighted by atomic mass is 32.2.